The predicted octanol–water partition coefficient (Wildman–Crippen LogP) is 5.11. The van der Waals surface area contributed by atoms with E-state index >= 15 is 0 Å². The molecule has 6 amide bonds. The lowest BCUT2D eigenvalue weighted by Crippen LogP contribution is -2.57. The zero-order chi connectivity index (χ0) is 45.9. The molecule has 340 valence electrons. The molecule has 0 aliphatic carbocycles. The highest BCUT2D eigenvalue weighted by molar-refractivity contribution is 6.00. The second-order valence-corrected chi connectivity index (χ2v) is 18.5. The van der Waals surface area contributed by atoms with Crippen molar-refractivity contribution in [3.8, 4) is 0 Å². The maximum Gasteiger partial charge on any atom is 0.247 e. The maximum atomic E-state index is 13.8. The highest BCUT2D eigenvalue weighted by atomic mass is 16.5. The molecular weight excluding hydrogens is 803 g/mol. The number of likely N-dealkylation sites (tertiary alicyclic amines) is 2. The molecule has 0 radical (unpaired) electrons. The Balaban J connectivity index is 1.21. The number of methoxy groups -OCH3 is 2. The second-order valence-electron chi connectivity index (χ2n) is 18.5. The molecule has 0 bridgehead atoms. The summed E-state index contributed by atoms with van der Waals surface area (Å²) in [6, 6.07) is 22.4. The maximum absolute atomic E-state index is 13.8. The first kappa shape index (κ1) is 48.2. The zero-order valence-electron chi connectivity index (χ0n) is 38.0. The molecule has 4 N–H and O–H groups in total. The van der Waals surface area contributed by atoms with E-state index in [0.717, 1.165) is 16.8 Å². The van der Waals surface area contributed by atoms with Crippen LogP contribution in [0.1, 0.15) is 78.4 Å². The van der Waals surface area contributed by atoms with Gasteiger partial charge in [0, 0.05) is 57.5 Å². The molecule has 0 spiro atoms. The van der Waals surface area contributed by atoms with Crippen LogP contribution in [0.4, 0.5) is 17.1 Å². The Bertz CT molecular complexity index is 1920. The van der Waals surface area contributed by atoms with Crippen molar-refractivity contribution >= 4 is 52.5 Å². The van der Waals surface area contributed by atoms with Crippen molar-refractivity contribution in [2.75, 3.05) is 56.1 Å². The number of anilines is 3. The van der Waals surface area contributed by atoms with Gasteiger partial charge in [-0.1, -0.05) is 84.0 Å². The van der Waals surface area contributed by atoms with Gasteiger partial charge in [0.05, 0.1) is 0 Å². The molecule has 5 rings (SSSR count). The van der Waals surface area contributed by atoms with E-state index < -0.39 is 46.8 Å². The van der Waals surface area contributed by atoms with Crippen molar-refractivity contribution in [1.82, 2.24) is 20.4 Å². The van der Waals surface area contributed by atoms with Crippen LogP contribution in [0.3, 0.4) is 0 Å². The number of rotatable bonds is 17. The highest BCUT2D eigenvalue weighted by Crippen LogP contribution is 2.29. The van der Waals surface area contributed by atoms with Crippen LogP contribution in [-0.4, -0.2) is 110 Å². The average molecular weight is 868 g/mol. The van der Waals surface area contributed by atoms with Crippen LogP contribution >= 0.6 is 0 Å². The van der Waals surface area contributed by atoms with Crippen molar-refractivity contribution in [2.45, 2.75) is 104 Å². The van der Waals surface area contributed by atoms with E-state index in [4.69, 9.17) is 9.47 Å². The fourth-order valence-corrected chi connectivity index (χ4v) is 8.06. The minimum Gasteiger partial charge on any atom is -0.375 e. The van der Waals surface area contributed by atoms with Crippen molar-refractivity contribution in [1.29, 1.82) is 0 Å². The van der Waals surface area contributed by atoms with E-state index in [1.54, 1.807) is 9.80 Å². The lowest BCUT2D eigenvalue weighted by atomic mass is 9.85. The molecule has 63 heavy (non-hydrogen) atoms. The molecule has 0 aromatic heterocycles. The lowest BCUT2D eigenvalue weighted by molar-refractivity contribution is -0.143. The third-order valence-electron chi connectivity index (χ3n) is 11.4. The monoisotopic (exact) mass is 867 g/mol. The third-order valence-corrected chi connectivity index (χ3v) is 11.4. The zero-order valence-corrected chi connectivity index (χ0v) is 38.0. The highest BCUT2D eigenvalue weighted by Gasteiger charge is 2.43. The molecule has 4 atom stereocenters. The van der Waals surface area contributed by atoms with Crippen molar-refractivity contribution in [2.24, 2.45) is 10.8 Å². The number of carbonyl (C=O) groups excluding carboxylic acids is 6. The normalized spacial score (nSPS) is 17.4. The molecule has 2 aliphatic heterocycles. The number of para-hydroxylation sites is 1. The molecule has 2 heterocycles. The molecule has 0 unspecified atom stereocenters. The van der Waals surface area contributed by atoms with Gasteiger partial charge in [-0.25, -0.2) is 0 Å². The summed E-state index contributed by atoms with van der Waals surface area (Å²) in [6.45, 7) is 12.9. The van der Waals surface area contributed by atoms with Gasteiger partial charge in [-0.2, -0.15) is 0 Å². The number of benzene rings is 3. The standard InChI is InChI=1S/C48H65N7O8/c1-47(2,3)41(51-39(56)30-62-7)45(60)54-26-12-16-37(54)43(58)49-34-22-18-32(19-23-34)28-53(36-14-10-9-11-15-36)29-33-20-24-35(25-21-33)50-44(59)38-17-13-27-55(38)46(61)42(48(4,5)6)52-40(57)31-63-8/h9-11,14-15,18-25,37-38,41-42H,12-13,16-17,26-31H2,1-8H3,(H,49,58)(H,50,59)(H,51,56)(H,52,57)/t37-,38-,41+,42+/m0/s1. The van der Waals surface area contributed by atoms with E-state index in [1.165, 1.54) is 14.2 Å². The summed E-state index contributed by atoms with van der Waals surface area (Å²) >= 11 is 0. The van der Waals surface area contributed by atoms with E-state index in [9.17, 15) is 28.8 Å². The van der Waals surface area contributed by atoms with Crippen LogP contribution in [0.2, 0.25) is 0 Å². The summed E-state index contributed by atoms with van der Waals surface area (Å²) in [5.74, 6) is -1.91. The Kier molecular flexibility index (Phi) is 16.5. The predicted molar refractivity (Wildman–Crippen MR) is 242 cm³/mol. The SMILES string of the molecule is COCC(=O)N[C@H](C(=O)N1CCC[C@H]1C(=O)Nc1ccc(CN(Cc2ccc(NC(=O)[C@@H]3CCCN3C(=O)[C@@H](NC(=O)COC)C(C)(C)C)cc2)c2ccccc2)cc1)C(C)(C)C. The number of carbonyl (C=O) groups is 6. The summed E-state index contributed by atoms with van der Waals surface area (Å²) in [6.07, 6.45) is 2.40. The summed E-state index contributed by atoms with van der Waals surface area (Å²) < 4.78 is 9.90. The Morgan fingerprint density at radius 1 is 0.603 bits per heavy atom. The minimum atomic E-state index is -0.817. The quantitative estimate of drug-likeness (QED) is 0.144. The Hall–Kier alpha value is -5.80. The van der Waals surface area contributed by atoms with Crippen LogP contribution in [0.25, 0.3) is 0 Å². The van der Waals surface area contributed by atoms with Gasteiger partial charge < -0.3 is 45.4 Å². The van der Waals surface area contributed by atoms with E-state index in [-0.39, 0.29) is 36.8 Å². The molecule has 3 aromatic carbocycles. The van der Waals surface area contributed by atoms with E-state index in [0.29, 0.717) is 63.2 Å². The van der Waals surface area contributed by atoms with E-state index in [1.807, 2.05) is 120 Å². The number of nitrogens with one attached hydrogen (secondary N) is 4. The molecule has 15 heteroatoms. The summed E-state index contributed by atoms with van der Waals surface area (Å²) in [7, 11) is 2.84. The van der Waals surface area contributed by atoms with Crippen LogP contribution < -0.4 is 26.2 Å². The summed E-state index contributed by atoms with van der Waals surface area (Å²) in [5, 5.41) is 11.6. The van der Waals surface area contributed by atoms with Crippen molar-refractivity contribution in [3.63, 3.8) is 0 Å². The Morgan fingerprint density at radius 2 is 0.984 bits per heavy atom. The molecule has 2 saturated heterocycles. The van der Waals surface area contributed by atoms with Crippen LogP contribution in [0.15, 0.2) is 78.9 Å². The van der Waals surface area contributed by atoms with Crippen LogP contribution in [0, 0.1) is 10.8 Å². The average Bonchev–Trinajstić information content (AvgIpc) is 3.94. The minimum absolute atomic E-state index is 0.163. The molecule has 2 fully saturated rings. The van der Waals surface area contributed by atoms with Gasteiger partial charge >= 0.3 is 0 Å². The van der Waals surface area contributed by atoms with Crippen molar-refractivity contribution < 1.29 is 38.2 Å². The fourth-order valence-electron chi connectivity index (χ4n) is 8.06. The number of ether oxygens (including phenoxy) is 2. The number of hydrogen-bond acceptors (Lipinski definition) is 9. The van der Waals surface area contributed by atoms with Crippen molar-refractivity contribution in [3.05, 3.63) is 90.0 Å². The van der Waals surface area contributed by atoms with E-state index in [2.05, 4.69) is 26.2 Å². The van der Waals surface area contributed by atoms with Gasteiger partial charge in [-0.3, -0.25) is 28.8 Å². The Morgan fingerprint density at radius 3 is 1.33 bits per heavy atom. The molecule has 15 nitrogen and oxygen atoms in total. The number of amides is 6. The smallest absolute Gasteiger partial charge is 0.247 e. The third kappa shape index (κ3) is 13.1. The van der Waals surface area contributed by atoms with Gasteiger partial charge in [0.15, 0.2) is 0 Å². The summed E-state index contributed by atoms with van der Waals surface area (Å²) in [5.41, 5.74) is 3.11. The molecule has 2 aliphatic rings. The topological polar surface area (TPSA) is 179 Å². The largest absolute Gasteiger partial charge is 0.375 e. The molecule has 3 aromatic rings. The van der Waals surface area contributed by atoms with Gasteiger partial charge in [-0.05, 0) is 84.0 Å². The first-order chi connectivity index (χ1) is 29.9. The summed E-state index contributed by atoms with van der Waals surface area (Å²) in [4.78, 5) is 84.9. The van der Waals surface area contributed by atoms with Gasteiger partial charge in [0.25, 0.3) is 0 Å². The fraction of sp³-hybridized carbons (Fsp3) is 0.500. The van der Waals surface area contributed by atoms with Crippen LogP contribution in [-0.2, 0) is 51.3 Å². The first-order valence-electron chi connectivity index (χ1n) is 21.7. The number of nitrogens with zero attached hydrogens (tertiary/aromatic N) is 3. The lowest BCUT2D eigenvalue weighted by Gasteiger charge is -2.35. The van der Waals surface area contributed by atoms with Gasteiger partial charge in [0.1, 0.15) is 37.4 Å². The van der Waals surface area contributed by atoms with Gasteiger partial charge in [-0.15, -0.1) is 0 Å². The molecular formula is C48H65N7O8. The molecule has 0 saturated carbocycles. The van der Waals surface area contributed by atoms with Crippen LogP contribution in [0.5, 0.6) is 0 Å². The number of hydrogen-bond donors (Lipinski definition) is 4. The Labute approximate surface area is 371 Å². The first-order valence-corrected chi connectivity index (χ1v) is 21.7. The second kappa shape index (κ2) is 21.5. The van der Waals surface area contributed by atoms with Gasteiger partial charge in [0.2, 0.25) is 35.4 Å².